The number of hydrogen-bond acceptors (Lipinski definition) is 5. The number of fused-ring (bicyclic) bond motifs is 1. The third kappa shape index (κ3) is 4.97. The number of carbonyl (C=O) groups excluding carboxylic acids is 2. The summed E-state index contributed by atoms with van der Waals surface area (Å²) in [6, 6.07) is 21.2. The standard InChI is InChI=1S/C28H30N2O4/c1-3-18-34-22-15-13-21(14-16-22)25-26(28(32)30(27(25)31)17-8-19-33-4-2)29-24-12-7-10-20-9-5-6-11-23(20)24/h5-7,9-16,29H,3-4,8,17-19H2,1-2H3. The van der Waals surface area contributed by atoms with E-state index >= 15 is 0 Å². The van der Waals surface area contributed by atoms with Gasteiger partial charge < -0.3 is 14.8 Å². The Morgan fingerprint density at radius 2 is 1.62 bits per heavy atom. The van der Waals surface area contributed by atoms with E-state index < -0.39 is 0 Å². The van der Waals surface area contributed by atoms with Crippen molar-refractivity contribution in [3.63, 3.8) is 0 Å². The van der Waals surface area contributed by atoms with Crippen molar-refractivity contribution in [2.24, 2.45) is 0 Å². The molecule has 0 radical (unpaired) electrons. The van der Waals surface area contributed by atoms with Crippen LogP contribution < -0.4 is 10.1 Å². The molecule has 6 nitrogen and oxygen atoms in total. The number of anilines is 1. The summed E-state index contributed by atoms with van der Waals surface area (Å²) in [4.78, 5) is 28.2. The van der Waals surface area contributed by atoms with Crippen molar-refractivity contribution in [2.75, 3.05) is 31.7 Å². The molecule has 6 heteroatoms. The van der Waals surface area contributed by atoms with E-state index in [-0.39, 0.29) is 11.8 Å². The predicted octanol–water partition coefficient (Wildman–Crippen LogP) is 5.25. The molecule has 0 aromatic heterocycles. The summed E-state index contributed by atoms with van der Waals surface area (Å²) in [5, 5.41) is 5.33. The molecule has 2 amide bonds. The van der Waals surface area contributed by atoms with E-state index in [0.29, 0.717) is 49.6 Å². The number of carbonyl (C=O) groups is 2. The second kappa shape index (κ2) is 11.0. The number of imide groups is 1. The zero-order chi connectivity index (χ0) is 23.9. The predicted molar refractivity (Wildman–Crippen MR) is 135 cm³/mol. The van der Waals surface area contributed by atoms with Gasteiger partial charge in [0, 0.05) is 30.8 Å². The first kappa shape index (κ1) is 23.5. The van der Waals surface area contributed by atoms with E-state index in [9.17, 15) is 9.59 Å². The van der Waals surface area contributed by atoms with Gasteiger partial charge in [-0.2, -0.15) is 0 Å². The molecule has 0 saturated carbocycles. The number of amides is 2. The molecule has 34 heavy (non-hydrogen) atoms. The van der Waals surface area contributed by atoms with Crippen molar-refractivity contribution in [3.05, 3.63) is 78.0 Å². The quantitative estimate of drug-likeness (QED) is 0.314. The molecule has 0 aliphatic carbocycles. The van der Waals surface area contributed by atoms with Crippen LogP contribution in [0.4, 0.5) is 5.69 Å². The molecule has 4 rings (SSSR count). The van der Waals surface area contributed by atoms with Crippen LogP contribution in [0.5, 0.6) is 5.75 Å². The number of benzene rings is 3. The zero-order valence-electron chi connectivity index (χ0n) is 19.7. The lowest BCUT2D eigenvalue weighted by Crippen LogP contribution is -2.34. The molecule has 0 fully saturated rings. The van der Waals surface area contributed by atoms with Crippen molar-refractivity contribution in [1.29, 1.82) is 0 Å². The lowest BCUT2D eigenvalue weighted by molar-refractivity contribution is -0.137. The first-order valence-corrected chi connectivity index (χ1v) is 11.8. The van der Waals surface area contributed by atoms with Gasteiger partial charge in [0.25, 0.3) is 11.8 Å². The molecule has 3 aromatic rings. The number of rotatable bonds is 11. The summed E-state index contributed by atoms with van der Waals surface area (Å²) in [7, 11) is 0. The SMILES string of the molecule is CCCOc1ccc(C2=C(Nc3cccc4ccccc34)C(=O)N(CCCOCC)C2=O)cc1. The molecular formula is C28H30N2O4. The van der Waals surface area contributed by atoms with Gasteiger partial charge in [-0.3, -0.25) is 14.5 Å². The van der Waals surface area contributed by atoms with Gasteiger partial charge in [0.1, 0.15) is 11.4 Å². The average molecular weight is 459 g/mol. The molecular weight excluding hydrogens is 428 g/mol. The lowest BCUT2D eigenvalue weighted by atomic mass is 10.0. The van der Waals surface area contributed by atoms with Gasteiger partial charge in [-0.15, -0.1) is 0 Å². The highest BCUT2D eigenvalue weighted by Crippen LogP contribution is 2.33. The molecule has 176 valence electrons. The molecule has 0 spiro atoms. The summed E-state index contributed by atoms with van der Waals surface area (Å²) in [6.45, 7) is 6.00. The van der Waals surface area contributed by atoms with Crippen molar-refractivity contribution >= 4 is 33.8 Å². The van der Waals surface area contributed by atoms with Crippen LogP contribution in [0.15, 0.2) is 72.4 Å². The summed E-state index contributed by atoms with van der Waals surface area (Å²) in [6.07, 6.45) is 1.50. The van der Waals surface area contributed by atoms with E-state index in [0.717, 1.165) is 28.6 Å². The first-order chi connectivity index (χ1) is 16.6. The van der Waals surface area contributed by atoms with E-state index in [4.69, 9.17) is 9.47 Å². The number of hydrogen-bond donors (Lipinski definition) is 1. The maximum Gasteiger partial charge on any atom is 0.278 e. The topological polar surface area (TPSA) is 67.9 Å². The molecule has 0 bridgehead atoms. The Morgan fingerprint density at radius 3 is 2.38 bits per heavy atom. The van der Waals surface area contributed by atoms with Gasteiger partial charge in [-0.25, -0.2) is 0 Å². The van der Waals surface area contributed by atoms with Crippen LogP contribution in [0, 0.1) is 0 Å². The number of nitrogens with one attached hydrogen (secondary N) is 1. The van der Waals surface area contributed by atoms with E-state index in [2.05, 4.69) is 5.32 Å². The van der Waals surface area contributed by atoms with Crippen molar-refractivity contribution in [3.8, 4) is 5.75 Å². The van der Waals surface area contributed by atoms with E-state index in [1.54, 1.807) is 0 Å². The Labute approximate surface area is 200 Å². The fraction of sp³-hybridized carbons (Fsp3) is 0.286. The average Bonchev–Trinajstić information content (AvgIpc) is 3.10. The zero-order valence-corrected chi connectivity index (χ0v) is 19.7. The third-order valence-corrected chi connectivity index (χ3v) is 5.71. The minimum atomic E-state index is -0.323. The summed E-state index contributed by atoms with van der Waals surface area (Å²) in [5.41, 5.74) is 2.12. The summed E-state index contributed by atoms with van der Waals surface area (Å²) in [5.74, 6) is 0.113. The van der Waals surface area contributed by atoms with Gasteiger partial charge in [-0.05, 0) is 48.9 Å². The minimum absolute atomic E-state index is 0.292. The molecule has 3 aromatic carbocycles. The van der Waals surface area contributed by atoms with Crippen LogP contribution in [0.1, 0.15) is 32.3 Å². The van der Waals surface area contributed by atoms with Crippen LogP contribution in [0.3, 0.4) is 0 Å². The molecule has 0 saturated heterocycles. The van der Waals surface area contributed by atoms with Crippen LogP contribution in [-0.4, -0.2) is 43.1 Å². The Kier molecular flexibility index (Phi) is 7.60. The van der Waals surface area contributed by atoms with E-state index in [1.807, 2.05) is 80.6 Å². The van der Waals surface area contributed by atoms with Crippen molar-refractivity contribution in [2.45, 2.75) is 26.7 Å². The van der Waals surface area contributed by atoms with Gasteiger partial charge in [-0.1, -0.05) is 55.5 Å². The minimum Gasteiger partial charge on any atom is -0.494 e. The van der Waals surface area contributed by atoms with Gasteiger partial charge in [0.2, 0.25) is 0 Å². The second-order valence-corrected chi connectivity index (χ2v) is 8.09. The normalized spacial score (nSPS) is 13.8. The number of nitrogens with zero attached hydrogens (tertiary/aromatic N) is 1. The van der Waals surface area contributed by atoms with Crippen molar-refractivity contribution < 1.29 is 19.1 Å². The fourth-order valence-electron chi connectivity index (χ4n) is 4.04. The smallest absolute Gasteiger partial charge is 0.278 e. The first-order valence-electron chi connectivity index (χ1n) is 11.8. The third-order valence-electron chi connectivity index (χ3n) is 5.71. The molecule has 0 unspecified atom stereocenters. The largest absolute Gasteiger partial charge is 0.494 e. The Bertz CT molecular complexity index is 1200. The Balaban J connectivity index is 1.70. The van der Waals surface area contributed by atoms with Gasteiger partial charge >= 0.3 is 0 Å². The van der Waals surface area contributed by atoms with Crippen LogP contribution >= 0.6 is 0 Å². The van der Waals surface area contributed by atoms with Gasteiger partial charge in [0.15, 0.2) is 0 Å². The van der Waals surface area contributed by atoms with Gasteiger partial charge in [0.05, 0.1) is 12.2 Å². The van der Waals surface area contributed by atoms with Crippen LogP contribution in [0.2, 0.25) is 0 Å². The van der Waals surface area contributed by atoms with Crippen LogP contribution in [0.25, 0.3) is 16.3 Å². The highest BCUT2D eigenvalue weighted by molar-refractivity contribution is 6.36. The molecule has 1 heterocycles. The maximum atomic E-state index is 13.4. The summed E-state index contributed by atoms with van der Waals surface area (Å²) < 4.78 is 11.1. The number of ether oxygens (including phenoxy) is 2. The Hall–Kier alpha value is -3.64. The maximum absolute atomic E-state index is 13.4. The fourth-order valence-corrected chi connectivity index (χ4v) is 4.04. The van der Waals surface area contributed by atoms with Crippen molar-refractivity contribution in [1.82, 2.24) is 4.90 Å². The second-order valence-electron chi connectivity index (χ2n) is 8.09. The summed E-state index contributed by atoms with van der Waals surface area (Å²) >= 11 is 0. The molecule has 1 N–H and O–H groups in total. The monoisotopic (exact) mass is 458 g/mol. The van der Waals surface area contributed by atoms with E-state index in [1.165, 1.54) is 4.90 Å². The molecule has 0 atom stereocenters. The highest BCUT2D eigenvalue weighted by Gasteiger charge is 2.39. The highest BCUT2D eigenvalue weighted by atomic mass is 16.5. The van der Waals surface area contributed by atoms with Crippen LogP contribution in [-0.2, 0) is 14.3 Å². The molecule has 1 aliphatic rings. The molecule has 1 aliphatic heterocycles. The Morgan fingerprint density at radius 1 is 0.853 bits per heavy atom. The lowest BCUT2D eigenvalue weighted by Gasteiger charge is -2.15.